The van der Waals surface area contributed by atoms with Crippen molar-refractivity contribution in [3.05, 3.63) is 199 Å². The minimum Gasteiger partial charge on any atom is -0.455 e. The molecule has 0 spiro atoms. The zero-order chi connectivity index (χ0) is 38.6. The molecular weight excluding hydrogens is 725 g/mol. The van der Waals surface area contributed by atoms with Crippen LogP contribution in [0.1, 0.15) is 22.9 Å². The van der Waals surface area contributed by atoms with Crippen LogP contribution in [0.2, 0.25) is 0 Å². The molecule has 0 fully saturated rings. The quantitative estimate of drug-likeness (QED) is 0.194. The summed E-state index contributed by atoms with van der Waals surface area (Å²) < 4.78 is 15.9. The summed E-state index contributed by atoms with van der Waals surface area (Å²) in [6.07, 6.45) is -0.427. The highest BCUT2D eigenvalue weighted by Gasteiger charge is 2.29. The molecule has 1 aliphatic rings. The maximum absolute atomic E-state index is 6.98. The van der Waals surface area contributed by atoms with E-state index in [0.29, 0.717) is 11.7 Å². The van der Waals surface area contributed by atoms with E-state index < -0.39 is 6.17 Å². The minimum absolute atomic E-state index is 0.427. The van der Waals surface area contributed by atoms with Crippen molar-refractivity contribution in [3.63, 3.8) is 0 Å². The molecule has 276 valence electrons. The SMILES string of the molecule is c1ccc(C2N=C(c3cccc4c3oc3ccccc34)N=C(c3ccc4c(oc5ccccc54)c3-n3c4cc5ccccc5cc4c4cc5ccccc5cc43)N2)cc1. The first-order valence-corrected chi connectivity index (χ1v) is 19.9. The predicted molar refractivity (Wildman–Crippen MR) is 242 cm³/mol. The van der Waals surface area contributed by atoms with Gasteiger partial charge in [-0.3, -0.25) is 0 Å². The molecule has 0 bridgehead atoms. The van der Waals surface area contributed by atoms with Crippen LogP contribution in [0, 0.1) is 0 Å². The highest BCUT2D eigenvalue weighted by molar-refractivity contribution is 6.23. The molecule has 3 aromatic heterocycles. The van der Waals surface area contributed by atoms with Crippen molar-refractivity contribution in [2.45, 2.75) is 6.17 Å². The molecule has 6 heteroatoms. The van der Waals surface area contributed by atoms with Gasteiger partial charge < -0.3 is 18.7 Å². The van der Waals surface area contributed by atoms with Gasteiger partial charge in [0, 0.05) is 37.9 Å². The molecule has 0 saturated heterocycles. The first-order valence-electron chi connectivity index (χ1n) is 19.9. The van der Waals surface area contributed by atoms with E-state index in [-0.39, 0.29) is 0 Å². The lowest BCUT2D eigenvalue weighted by atomic mass is 10.0. The average molecular weight is 757 g/mol. The zero-order valence-electron chi connectivity index (χ0n) is 31.6. The summed E-state index contributed by atoms with van der Waals surface area (Å²) in [5, 5.41) is 15.0. The zero-order valence-corrected chi connectivity index (χ0v) is 31.6. The van der Waals surface area contributed by atoms with Crippen LogP contribution in [-0.4, -0.2) is 16.2 Å². The maximum Gasteiger partial charge on any atom is 0.163 e. The molecule has 9 aromatic carbocycles. The number of rotatable bonds is 4. The minimum atomic E-state index is -0.427. The van der Waals surface area contributed by atoms with Gasteiger partial charge in [0.1, 0.15) is 34.4 Å². The molecule has 0 amide bonds. The van der Waals surface area contributed by atoms with Gasteiger partial charge in [0.25, 0.3) is 0 Å². The molecule has 1 aliphatic heterocycles. The van der Waals surface area contributed by atoms with Crippen molar-refractivity contribution in [1.29, 1.82) is 0 Å². The fourth-order valence-corrected chi connectivity index (χ4v) is 9.25. The van der Waals surface area contributed by atoms with E-state index in [4.69, 9.17) is 18.8 Å². The number of para-hydroxylation sites is 3. The standard InChI is InChI=1S/C53H32N4O2/c1-2-13-31(14-3-1)51-54-52(56-53(55-51)41-22-12-21-38-36-19-8-10-23-46(36)58-49(38)41)40-26-25-39-37-20-9-11-24-47(37)59-50(39)48(40)57-44-29-34-17-6-4-15-32(34)27-42(44)43-28-33-16-5-7-18-35(33)30-45(43)57/h1-30,51H,(H,54,55,56). The van der Waals surface area contributed by atoms with E-state index in [1.165, 1.54) is 21.5 Å². The van der Waals surface area contributed by atoms with E-state index in [9.17, 15) is 0 Å². The molecule has 1 unspecified atom stereocenters. The Hall–Kier alpha value is -7.96. The third-order valence-electron chi connectivity index (χ3n) is 12.0. The summed E-state index contributed by atoms with van der Waals surface area (Å²) in [5.74, 6) is 1.28. The number of aliphatic imine (C=N–C) groups is 2. The van der Waals surface area contributed by atoms with E-state index in [0.717, 1.165) is 88.1 Å². The number of benzene rings is 9. The van der Waals surface area contributed by atoms with E-state index in [1.54, 1.807) is 0 Å². The Morgan fingerprint density at radius 2 is 0.983 bits per heavy atom. The molecule has 4 heterocycles. The van der Waals surface area contributed by atoms with Crippen molar-refractivity contribution in [2.75, 3.05) is 0 Å². The molecule has 0 saturated carbocycles. The van der Waals surface area contributed by atoms with Crippen molar-refractivity contribution < 1.29 is 8.83 Å². The van der Waals surface area contributed by atoms with Crippen molar-refractivity contribution in [2.24, 2.45) is 9.98 Å². The number of fused-ring (bicyclic) bond motifs is 11. The van der Waals surface area contributed by atoms with Crippen LogP contribution < -0.4 is 5.32 Å². The van der Waals surface area contributed by atoms with Gasteiger partial charge in [0.15, 0.2) is 11.4 Å². The topological polar surface area (TPSA) is 68.0 Å². The van der Waals surface area contributed by atoms with Gasteiger partial charge in [-0.1, -0.05) is 127 Å². The predicted octanol–water partition coefficient (Wildman–Crippen LogP) is 13.4. The summed E-state index contributed by atoms with van der Waals surface area (Å²) in [6.45, 7) is 0. The maximum atomic E-state index is 6.98. The summed E-state index contributed by atoms with van der Waals surface area (Å²) in [5.41, 5.74) is 9.03. The van der Waals surface area contributed by atoms with Gasteiger partial charge in [-0.15, -0.1) is 0 Å². The lowest BCUT2D eigenvalue weighted by molar-refractivity contribution is 0.661. The number of amidine groups is 2. The lowest BCUT2D eigenvalue weighted by Crippen LogP contribution is -2.34. The number of furan rings is 2. The molecule has 0 aliphatic carbocycles. The van der Waals surface area contributed by atoms with E-state index in [2.05, 4.69) is 155 Å². The Balaban J connectivity index is 1.15. The van der Waals surface area contributed by atoms with Gasteiger partial charge in [-0.05, 0) is 81.7 Å². The second-order valence-electron chi connectivity index (χ2n) is 15.4. The van der Waals surface area contributed by atoms with Gasteiger partial charge in [-0.25, -0.2) is 9.98 Å². The lowest BCUT2D eigenvalue weighted by Gasteiger charge is -2.25. The van der Waals surface area contributed by atoms with E-state index >= 15 is 0 Å². The normalized spacial score (nSPS) is 14.6. The molecule has 59 heavy (non-hydrogen) atoms. The van der Waals surface area contributed by atoms with Crippen LogP contribution in [0.25, 0.3) is 92.9 Å². The fourth-order valence-electron chi connectivity index (χ4n) is 9.25. The number of nitrogens with zero attached hydrogens (tertiary/aromatic N) is 3. The number of aromatic nitrogens is 1. The molecular formula is C53H32N4O2. The Bertz CT molecular complexity index is 3680. The third kappa shape index (κ3) is 4.80. The fraction of sp³-hybridized carbons (Fsp3) is 0.0189. The van der Waals surface area contributed by atoms with Gasteiger partial charge in [-0.2, -0.15) is 0 Å². The Morgan fingerprint density at radius 3 is 1.64 bits per heavy atom. The number of nitrogens with one attached hydrogen (secondary N) is 1. The van der Waals surface area contributed by atoms with Crippen LogP contribution in [0.15, 0.2) is 201 Å². The highest BCUT2D eigenvalue weighted by atomic mass is 16.3. The average Bonchev–Trinajstić information content (AvgIpc) is 3.96. The van der Waals surface area contributed by atoms with Crippen LogP contribution in [0.4, 0.5) is 0 Å². The largest absolute Gasteiger partial charge is 0.455 e. The molecule has 0 radical (unpaired) electrons. The number of hydrogen-bond donors (Lipinski definition) is 1. The Morgan fingerprint density at radius 1 is 0.441 bits per heavy atom. The van der Waals surface area contributed by atoms with Crippen molar-refractivity contribution in [3.8, 4) is 5.69 Å². The molecule has 6 nitrogen and oxygen atoms in total. The summed E-state index contributed by atoms with van der Waals surface area (Å²) in [6, 6.07) is 63.9. The monoisotopic (exact) mass is 756 g/mol. The van der Waals surface area contributed by atoms with Crippen LogP contribution in [-0.2, 0) is 0 Å². The highest BCUT2D eigenvalue weighted by Crippen LogP contribution is 2.43. The summed E-state index contributed by atoms with van der Waals surface area (Å²) in [4.78, 5) is 10.8. The summed E-state index contributed by atoms with van der Waals surface area (Å²) in [7, 11) is 0. The first kappa shape index (κ1) is 32.2. The molecule has 12 aromatic rings. The summed E-state index contributed by atoms with van der Waals surface area (Å²) >= 11 is 0. The molecule has 1 N–H and O–H groups in total. The van der Waals surface area contributed by atoms with Crippen LogP contribution in [0.3, 0.4) is 0 Å². The van der Waals surface area contributed by atoms with Crippen molar-refractivity contribution in [1.82, 2.24) is 9.88 Å². The Labute approximate surface area is 336 Å². The third-order valence-corrected chi connectivity index (χ3v) is 12.0. The van der Waals surface area contributed by atoms with Gasteiger partial charge in [0.2, 0.25) is 0 Å². The molecule has 1 atom stereocenters. The van der Waals surface area contributed by atoms with Crippen molar-refractivity contribution >= 4 is 98.9 Å². The smallest absolute Gasteiger partial charge is 0.163 e. The van der Waals surface area contributed by atoms with Gasteiger partial charge in [0.05, 0.1) is 16.6 Å². The van der Waals surface area contributed by atoms with Crippen LogP contribution in [0.5, 0.6) is 0 Å². The van der Waals surface area contributed by atoms with Gasteiger partial charge >= 0.3 is 0 Å². The Kier molecular flexibility index (Phi) is 6.69. The first-order chi connectivity index (χ1) is 29.2. The number of hydrogen-bond acceptors (Lipinski definition) is 5. The van der Waals surface area contributed by atoms with E-state index in [1.807, 2.05) is 36.4 Å². The van der Waals surface area contributed by atoms with Crippen LogP contribution >= 0.6 is 0 Å². The second kappa shape index (κ2) is 12.3. The second-order valence-corrected chi connectivity index (χ2v) is 15.4. The molecule has 13 rings (SSSR count).